The van der Waals surface area contributed by atoms with Crippen LogP contribution in [0.1, 0.15) is 36.5 Å². The molecule has 1 fully saturated rings. The number of carbonyl (C=O) groups is 1. The molecule has 1 atom stereocenters. The fourth-order valence-electron chi connectivity index (χ4n) is 2.53. The number of hydrogen-bond donors (Lipinski definition) is 2. The van der Waals surface area contributed by atoms with Gasteiger partial charge >= 0.3 is 0 Å². The van der Waals surface area contributed by atoms with Crippen LogP contribution in [0, 0.1) is 5.92 Å². The van der Waals surface area contributed by atoms with Gasteiger partial charge in [-0.25, -0.2) is 0 Å². The highest BCUT2D eigenvalue weighted by Gasteiger charge is 2.24. The first kappa shape index (κ1) is 12.7. The second-order valence-corrected chi connectivity index (χ2v) is 5.01. The molecule has 0 aliphatic carbocycles. The lowest BCUT2D eigenvalue weighted by molar-refractivity contribution is 0.0672. The molecule has 18 heavy (non-hydrogen) atoms. The van der Waals surface area contributed by atoms with Crippen molar-refractivity contribution in [2.45, 2.75) is 26.2 Å². The number of amides is 1. The predicted molar refractivity (Wildman–Crippen MR) is 74.2 cm³/mol. The van der Waals surface area contributed by atoms with E-state index in [0.29, 0.717) is 22.9 Å². The Balaban J connectivity index is 2.15. The lowest BCUT2D eigenvalue weighted by atomic mass is 9.95. The van der Waals surface area contributed by atoms with E-state index < -0.39 is 0 Å². The van der Waals surface area contributed by atoms with E-state index in [2.05, 4.69) is 6.92 Å². The third-order valence-corrected chi connectivity index (χ3v) is 3.69. The van der Waals surface area contributed by atoms with Gasteiger partial charge in [0.15, 0.2) is 0 Å². The van der Waals surface area contributed by atoms with E-state index in [9.17, 15) is 4.79 Å². The Labute approximate surface area is 108 Å². The molecule has 0 saturated carbocycles. The van der Waals surface area contributed by atoms with Gasteiger partial charge in [-0.2, -0.15) is 0 Å². The zero-order chi connectivity index (χ0) is 13.1. The molecule has 0 radical (unpaired) electrons. The zero-order valence-electron chi connectivity index (χ0n) is 10.9. The summed E-state index contributed by atoms with van der Waals surface area (Å²) in [4.78, 5) is 14.3. The summed E-state index contributed by atoms with van der Waals surface area (Å²) in [6, 6.07) is 5.10. The molecule has 4 N–H and O–H groups in total. The van der Waals surface area contributed by atoms with Crippen LogP contribution in [0.5, 0.6) is 0 Å². The van der Waals surface area contributed by atoms with E-state index in [1.54, 1.807) is 18.2 Å². The van der Waals surface area contributed by atoms with Crippen molar-refractivity contribution in [2.75, 3.05) is 24.6 Å². The first-order valence-electron chi connectivity index (χ1n) is 6.56. The topological polar surface area (TPSA) is 72.3 Å². The van der Waals surface area contributed by atoms with Crippen LogP contribution in [0.15, 0.2) is 18.2 Å². The van der Waals surface area contributed by atoms with Gasteiger partial charge in [0.1, 0.15) is 0 Å². The maximum Gasteiger partial charge on any atom is 0.255 e. The van der Waals surface area contributed by atoms with Gasteiger partial charge in [-0.1, -0.05) is 13.3 Å². The van der Waals surface area contributed by atoms with Gasteiger partial charge < -0.3 is 16.4 Å². The SMILES string of the molecule is CCC1CCCN(C(=O)c2ccc(N)cc2N)C1. The highest BCUT2D eigenvalue weighted by molar-refractivity contribution is 5.99. The lowest BCUT2D eigenvalue weighted by Gasteiger charge is -2.32. The molecule has 1 aliphatic rings. The molecule has 1 aromatic carbocycles. The molecule has 98 valence electrons. The average molecular weight is 247 g/mol. The Bertz CT molecular complexity index is 445. The van der Waals surface area contributed by atoms with Crippen LogP contribution >= 0.6 is 0 Å². The number of anilines is 2. The fraction of sp³-hybridized carbons (Fsp3) is 0.500. The van der Waals surface area contributed by atoms with E-state index in [-0.39, 0.29) is 5.91 Å². The minimum atomic E-state index is 0.0330. The third-order valence-electron chi connectivity index (χ3n) is 3.69. The van der Waals surface area contributed by atoms with E-state index in [4.69, 9.17) is 11.5 Å². The number of nitrogens with two attached hydrogens (primary N) is 2. The molecule has 1 unspecified atom stereocenters. The van der Waals surface area contributed by atoms with Gasteiger partial charge in [0.2, 0.25) is 0 Å². The highest BCUT2D eigenvalue weighted by atomic mass is 16.2. The summed E-state index contributed by atoms with van der Waals surface area (Å²) < 4.78 is 0. The molecule has 1 amide bonds. The molecule has 0 spiro atoms. The number of benzene rings is 1. The van der Waals surface area contributed by atoms with Crippen LogP contribution in [-0.2, 0) is 0 Å². The minimum absolute atomic E-state index is 0.0330. The van der Waals surface area contributed by atoms with Crippen molar-refractivity contribution >= 4 is 17.3 Å². The van der Waals surface area contributed by atoms with Crippen LogP contribution in [0.2, 0.25) is 0 Å². The molecule has 1 heterocycles. The largest absolute Gasteiger partial charge is 0.399 e. The summed E-state index contributed by atoms with van der Waals surface area (Å²) in [5.41, 5.74) is 13.1. The Morgan fingerprint density at radius 3 is 2.89 bits per heavy atom. The molecule has 1 aromatic rings. The molecular weight excluding hydrogens is 226 g/mol. The van der Waals surface area contributed by atoms with Crippen molar-refractivity contribution in [2.24, 2.45) is 5.92 Å². The van der Waals surface area contributed by atoms with Crippen molar-refractivity contribution < 1.29 is 4.79 Å². The summed E-state index contributed by atoms with van der Waals surface area (Å²) in [5, 5.41) is 0. The van der Waals surface area contributed by atoms with E-state index in [1.807, 2.05) is 4.90 Å². The minimum Gasteiger partial charge on any atom is -0.399 e. The van der Waals surface area contributed by atoms with Crippen molar-refractivity contribution in [1.29, 1.82) is 0 Å². The number of rotatable bonds is 2. The number of piperidine rings is 1. The van der Waals surface area contributed by atoms with Crippen LogP contribution in [-0.4, -0.2) is 23.9 Å². The Kier molecular flexibility index (Phi) is 3.75. The second kappa shape index (κ2) is 5.29. The molecule has 1 aliphatic heterocycles. The summed E-state index contributed by atoms with van der Waals surface area (Å²) >= 11 is 0. The summed E-state index contributed by atoms with van der Waals surface area (Å²) in [6.07, 6.45) is 3.43. The fourth-order valence-corrected chi connectivity index (χ4v) is 2.53. The maximum atomic E-state index is 12.4. The highest BCUT2D eigenvalue weighted by Crippen LogP contribution is 2.23. The van der Waals surface area contributed by atoms with Crippen molar-refractivity contribution in [3.63, 3.8) is 0 Å². The Morgan fingerprint density at radius 1 is 1.44 bits per heavy atom. The molecular formula is C14H21N3O. The molecule has 0 aromatic heterocycles. The standard InChI is InChI=1S/C14H21N3O/c1-2-10-4-3-7-17(9-10)14(18)12-6-5-11(15)8-13(12)16/h5-6,8,10H,2-4,7,9,15-16H2,1H3. The molecule has 2 rings (SSSR count). The van der Waals surface area contributed by atoms with Crippen molar-refractivity contribution in [3.05, 3.63) is 23.8 Å². The van der Waals surface area contributed by atoms with Gasteiger partial charge in [-0.05, 0) is 37.0 Å². The predicted octanol–water partition coefficient (Wildman–Crippen LogP) is 2.11. The Hall–Kier alpha value is -1.71. The van der Waals surface area contributed by atoms with Crippen LogP contribution < -0.4 is 11.5 Å². The van der Waals surface area contributed by atoms with Gasteiger partial charge in [-0.15, -0.1) is 0 Å². The zero-order valence-corrected chi connectivity index (χ0v) is 10.9. The van der Waals surface area contributed by atoms with E-state index in [1.165, 1.54) is 6.42 Å². The summed E-state index contributed by atoms with van der Waals surface area (Å²) in [6.45, 7) is 3.86. The smallest absolute Gasteiger partial charge is 0.255 e. The van der Waals surface area contributed by atoms with Crippen molar-refractivity contribution in [1.82, 2.24) is 4.90 Å². The van der Waals surface area contributed by atoms with Gasteiger partial charge in [-0.3, -0.25) is 4.79 Å². The molecule has 1 saturated heterocycles. The van der Waals surface area contributed by atoms with E-state index in [0.717, 1.165) is 25.9 Å². The summed E-state index contributed by atoms with van der Waals surface area (Å²) in [7, 11) is 0. The maximum absolute atomic E-state index is 12.4. The van der Waals surface area contributed by atoms with E-state index >= 15 is 0 Å². The second-order valence-electron chi connectivity index (χ2n) is 5.01. The van der Waals surface area contributed by atoms with Crippen molar-refractivity contribution in [3.8, 4) is 0 Å². The molecule has 4 nitrogen and oxygen atoms in total. The number of likely N-dealkylation sites (tertiary alicyclic amines) is 1. The average Bonchev–Trinajstić information content (AvgIpc) is 2.38. The first-order valence-corrected chi connectivity index (χ1v) is 6.56. The van der Waals surface area contributed by atoms with Crippen LogP contribution in [0.4, 0.5) is 11.4 Å². The summed E-state index contributed by atoms with van der Waals surface area (Å²) in [5.74, 6) is 0.656. The van der Waals surface area contributed by atoms with Gasteiger partial charge in [0.25, 0.3) is 5.91 Å². The quantitative estimate of drug-likeness (QED) is 0.786. The molecule has 0 bridgehead atoms. The Morgan fingerprint density at radius 2 is 2.22 bits per heavy atom. The third kappa shape index (κ3) is 2.58. The van der Waals surface area contributed by atoms with Crippen LogP contribution in [0.3, 0.4) is 0 Å². The van der Waals surface area contributed by atoms with Gasteiger partial charge in [0.05, 0.1) is 5.56 Å². The van der Waals surface area contributed by atoms with Gasteiger partial charge in [0, 0.05) is 24.5 Å². The number of nitrogens with zero attached hydrogens (tertiary/aromatic N) is 1. The lowest BCUT2D eigenvalue weighted by Crippen LogP contribution is -2.40. The number of carbonyl (C=O) groups excluding carboxylic acids is 1. The number of nitrogen functional groups attached to an aromatic ring is 2. The van der Waals surface area contributed by atoms with Crippen LogP contribution in [0.25, 0.3) is 0 Å². The number of hydrogen-bond acceptors (Lipinski definition) is 3. The monoisotopic (exact) mass is 247 g/mol. The molecule has 4 heteroatoms. The first-order chi connectivity index (χ1) is 8.61. The normalized spacial score (nSPS) is 19.8.